The second-order valence-electron chi connectivity index (χ2n) is 4.81. The third-order valence-electron chi connectivity index (χ3n) is 2.74. The fraction of sp³-hybridized carbons (Fsp3) is 0.400. The topological polar surface area (TPSA) is 75.7 Å². The van der Waals surface area contributed by atoms with Crippen molar-refractivity contribution < 1.29 is 19.1 Å². The van der Waals surface area contributed by atoms with Crippen LogP contribution in [0.15, 0.2) is 24.3 Å². The first-order valence-electron chi connectivity index (χ1n) is 6.83. The molecule has 0 saturated heterocycles. The molecule has 0 aliphatic carbocycles. The van der Waals surface area contributed by atoms with Crippen molar-refractivity contribution in [1.82, 2.24) is 10.2 Å². The van der Waals surface area contributed by atoms with Gasteiger partial charge in [0.2, 0.25) is 5.91 Å². The molecule has 0 aliphatic heterocycles. The summed E-state index contributed by atoms with van der Waals surface area (Å²) in [5.41, 5.74) is 0.937. The van der Waals surface area contributed by atoms with Crippen LogP contribution in [0.5, 0.6) is 0 Å². The highest BCUT2D eigenvalue weighted by Gasteiger charge is 2.10. The van der Waals surface area contributed by atoms with Crippen LogP contribution < -0.4 is 5.32 Å². The fourth-order valence-corrected chi connectivity index (χ4v) is 2.54. The fourth-order valence-electron chi connectivity index (χ4n) is 1.43. The largest absolute Gasteiger partial charge is 0.455 e. The number of amides is 2. The molecule has 0 aliphatic rings. The molecule has 8 heteroatoms. The van der Waals surface area contributed by atoms with Gasteiger partial charge in [-0.05, 0) is 11.6 Å². The highest BCUT2D eigenvalue weighted by molar-refractivity contribution is 7.99. The standard InChI is InChI=1S/C15H19ClN2O4S/c1-18(2)14(20)7-17-13(19)8-22-15(21)10-23-9-11-5-3-4-6-12(11)16/h3-6H,7-10H2,1-2H3,(H,17,19). The van der Waals surface area contributed by atoms with E-state index >= 15 is 0 Å². The number of nitrogens with zero attached hydrogens (tertiary/aromatic N) is 1. The SMILES string of the molecule is CN(C)C(=O)CNC(=O)COC(=O)CSCc1ccccc1Cl. The van der Waals surface area contributed by atoms with Gasteiger partial charge < -0.3 is 15.0 Å². The van der Waals surface area contributed by atoms with Crippen molar-refractivity contribution in [2.45, 2.75) is 5.75 Å². The van der Waals surface area contributed by atoms with E-state index in [-0.39, 0.29) is 18.2 Å². The average Bonchev–Trinajstić information content (AvgIpc) is 2.52. The Labute approximate surface area is 144 Å². The van der Waals surface area contributed by atoms with Gasteiger partial charge in [0.15, 0.2) is 6.61 Å². The number of benzene rings is 1. The highest BCUT2D eigenvalue weighted by atomic mass is 35.5. The number of carbonyl (C=O) groups is 3. The molecule has 6 nitrogen and oxygen atoms in total. The van der Waals surface area contributed by atoms with Gasteiger partial charge in [0, 0.05) is 24.9 Å². The summed E-state index contributed by atoms with van der Waals surface area (Å²) in [4.78, 5) is 35.6. The van der Waals surface area contributed by atoms with Crippen LogP contribution >= 0.6 is 23.4 Å². The second-order valence-corrected chi connectivity index (χ2v) is 6.20. The summed E-state index contributed by atoms with van der Waals surface area (Å²) in [5.74, 6) is -0.534. The van der Waals surface area contributed by atoms with Crippen LogP contribution in [0.2, 0.25) is 5.02 Å². The van der Waals surface area contributed by atoms with Gasteiger partial charge in [-0.25, -0.2) is 0 Å². The van der Waals surface area contributed by atoms with E-state index in [2.05, 4.69) is 5.32 Å². The van der Waals surface area contributed by atoms with Crippen molar-refractivity contribution in [2.75, 3.05) is 33.0 Å². The minimum atomic E-state index is -0.510. The second kappa shape index (κ2) is 10.1. The van der Waals surface area contributed by atoms with Gasteiger partial charge in [-0.1, -0.05) is 29.8 Å². The maximum Gasteiger partial charge on any atom is 0.316 e. The molecule has 2 amide bonds. The zero-order valence-electron chi connectivity index (χ0n) is 13.0. The van der Waals surface area contributed by atoms with E-state index in [4.69, 9.17) is 16.3 Å². The number of thioether (sulfide) groups is 1. The molecule has 0 aromatic heterocycles. The zero-order chi connectivity index (χ0) is 17.2. The first-order valence-corrected chi connectivity index (χ1v) is 8.37. The summed E-state index contributed by atoms with van der Waals surface area (Å²) in [5, 5.41) is 3.03. The molecule has 126 valence electrons. The molecule has 0 fully saturated rings. The quantitative estimate of drug-likeness (QED) is 0.709. The molecule has 0 bridgehead atoms. The third kappa shape index (κ3) is 7.90. The number of hydrogen-bond acceptors (Lipinski definition) is 5. The Bertz CT molecular complexity index is 566. The van der Waals surface area contributed by atoms with Crippen LogP contribution in [0.4, 0.5) is 0 Å². The van der Waals surface area contributed by atoms with Gasteiger partial charge in [0.05, 0.1) is 12.3 Å². The number of nitrogens with one attached hydrogen (secondary N) is 1. The van der Waals surface area contributed by atoms with E-state index in [1.807, 2.05) is 18.2 Å². The van der Waals surface area contributed by atoms with Gasteiger partial charge in [0.1, 0.15) is 0 Å². The van der Waals surface area contributed by atoms with Crippen LogP contribution in [0.25, 0.3) is 0 Å². The lowest BCUT2D eigenvalue weighted by Crippen LogP contribution is -2.38. The summed E-state index contributed by atoms with van der Waals surface area (Å²) in [6.07, 6.45) is 0. The van der Waals surface area contributed by atoms with Crippen molar-refractivity contribution in [2.24, 2.45) is 0 Å². The first-order chi connectivity index (χ1) is 10.9. The normalized spacial score (nSPS) is 10.0. The smallest absolute Gasteiger partial charge is 0.316 e. The lowest BCUT2D eigenvalue weighted by atomic mass is 10.2. The maximum atomic E-state index is 11.5. The van der Waals surface area contributed by atoms with Crippen LogP contribution in [0.1, 0.15) is 5.56 Å². The molecule has 0 radical (unpaired) electrons. The number of esters is 1. The van der Waals surface area contributed by atoms with Crippen molar-refractivity contribution in [1.29, 1.82) is 0 Å². The Hall–Kier alpha value is -1.73. The predicted molar refractivity (Wildman–Crippen MR) is 90.3 cm³/mol. The number of ether oxygens (including phenoxy) is 1. The maximum absolute atomic E-state index is 11.5. The summed E-state index contributed by atoms with van der Waals surface area (Å²) < 4.78 is 4.84. The van der Waals surface area contributed by atoms with E-state index in [0.29, 0.717) is 10.8 Å². The number of likely N-dealkylation sites (N-methyl/N-ethyl adjacent to an activating group) is 1. The first kappa shape index (κ1) is 19.3. The highest BCUT2D eigenvalue weighted by Crippen LogP contribution is 2.20. The lowest BCUT2D eigenvalue weighted by molar-refractivity contribution is -0.146. The molecule has 1 rings (SSSR count). The van der Waals surface area contributed by atoms with Gasteiger partial charge in [-0.2, -0.15) is 0 Å². The molecule has 0 saturated carbocycles. The Kier molecular flexibility index (Phi) is 8.50. The van der Waals surface area contributed by atoms with Crippen molar-refractivity contribution in [3.05, 3.63) is 34.9 Å². The van der Waals surface area contributed by atoms with Crippen LogP contribution in [0.3, 0.4) is 0 Å². The molecule has 0 heterocycles. The van der Waals surface area contributed by atoms with E-state index in [1.165, 1.54) is 16.7 Å². The monoisotopic (exact) mass is 358 g/mol. The molecule has 0 spiro atoms. The minimum Gasteiger partial charge on any atom is -0.455 e. The van der Waals surface area contributed by atoms with E-state index in [9.17, 15) is 14.4 Å². The van der Waals surface area contributed by atoms with Crippen LogP contribution in [0, 0.1) is 0 Å². The van der Waals surface area contributed by atoms with Gasteiger partial charge in [-0.3, -0.25) is 14.4 Å². The van der Waals surface area contributed by atoms with Crippen molar-refractivity contribution in [3.63, 3.8) is 0 Å². The molecular weight excluding hydrogens is 340 g/mol. The summed E-state index contributed by atoms with van der Waals surface area (Å²) in [6, 6.07) is 7.38. The van der Waals surface area contributed by atoms with E-state index < -0.39 is 18.5 Å². The van der Waals surface area contributed by atoms with Gasteiger partial charge >= 0.3 is 5.97 Å². The third-order valence-corrected chi connectivity index (χ3v) is 4.06. The predicted octanol–water partition coefficient (Wildman–Crippen LogP) is 1.32. The summed E-state index contributed by atoms with van der Waals surface area (Å²) >= 11 is 7.36. The molecule has 23 heavy (non-hydrogen) atoms. The number of hydrogen-bond donors (Lipinski definition) is 1. The number of rotatable bonds is 8. The zero-order valence-corrected chi connectivity index (χ0v) is 14.6. The van der Waals surface area contributed by atoms with E-state index in [0.717, 1.165) is 5.56 Å². The van der Waals surface area contributed by atoms with E-state index in [1.54, 1.807) is 20.2 Å². The molecule has 1 aromatic carbocycles. The Morgan fingerprint density at radius 3 is 2.61 bits per heavy atom. The summed E-state index contributed by atoms with van der Waals surface area (Å²) in [6.45, 7) is -0.517. The van der Waals surface area contributed by atoms with Crippen LogP contribution in [-0.2, 0) is 24.9 Å². The molecular formula is C15H19ClN2O4S. The Balaban J connectivity index is 2.18. The molecule has 0 atom stereocenters. The minimum absolute atomic E-state index is 0.120. The summed E-state index contributed by atoms with van der Waals surface area (Å²) in [7, 11) is 3.18. The molecule has 1 aromatic rings. The Morgan fingerprint density at radius 2 is 1.96 bits per heavy atom. The van der Waals surface area contributed by atoms with Crippen LogP contribution in [-0.4, -0.2) is 55.7 Å². The molecule has 1 N–H and O–H groups in total. The van der Waals surface area contributed by atoms with Gasteiger partial charge in [0.25, 0.3) is 5.91 Å². The Morgan fingerprint density at radius 1 is 1.26 bits per heavy atom. The molecule has 0 unspecified atom stereocenters. The lowest BCUT2D eigenvalue weighted by Gasteiger charge is -2.11. The average molecular weight is 359 g/mol. The van der Waals surface area contributed by atoms with Gasteiger partial charge in [-0.15, -0.1) is 11.8 Å². The van der Waals surface area contributed by atoms with Crippen molar-refractivity contribution >= 4 is 41.1 Å². The number of halogens is 1. The number of carbonyl (C=O) groups excluding carboxylic acids is 3. The van der Waals surface area contributed by atoms with Crippen molar-refractivity contribution in [3.8, 4) is 0 Å².